The molecule has 0 saturated carbocycles. The van der Waals surface area contributed by atoms with E-state index in [9.17, 15) is 5.11 Å². The van der Waals surface area contributed by atoms with Crippen LogP contribution in [0.15, 0.2) is 18.2 Å². The molecule has 0 heterocycles. The molecule has 0 aliphatic carbocycles. The predicted molar refractivity (Wildman–Crippen MR) is 66.9 cm³/mol. The third-order valence-corrected chi connectivity index (χ3v) is 2.61. The third-order valence-electron chi connectivity index (χ3n) is 2.30. The number of nitrogens with two attached hydrogens (primary N) is 1. The average molecular weight is 250 g/mol. The molecule has 0 radical (unpaired) electrons. The van der Waals surface area contributed by atoms with Crippen molar-refractivity contribution >= 4 is 24.0 Å². The Balaban J connectivity index is 0.00000196. The van der Waals surface area contributed by atoms with Crippen molar-refractivity contribution in [3.63, 3.8) is 0 Å². The molecule has 0 saturated heterocycles. The second-order valence-corrected chi connectivity index (χ2v) is 3.74. The lowest BCUT2D eigenvalue weighted by atomic mass is 10.0. The van der Waals surface area contributed by atoms with Gasteiger partial charge in [0.25, 0.3) is 0 Å². The van der Waals surface area contributed by atoms with Gasteiger partial charge in [0, 0.05) is 11.9 Å². The molecule has 0 fully saturated rings. The van der Waals surface area contributed by atoms with Gasteiger partial charge in [-0.25, -0.2) is 0 Å². The van der Waals surface area contributed by atoms with Gasteiger partial charge in [-0.15, -0.1) is 24.0 Å². The van der Waals surface area contributed by atoms with Gasteiger partial charge in [0.15, 0.2) is 0 Å². The van der Waals surface area contributed by atoms with Crippen molar-refractivity contribution in [2.75, 3.05) is 0 Å². The zero-order valence-electron chi connectivity index (χ0n) is 8.74. The normalized spacial score (nSPS) is 11.9. The number of hydrogen-bond donors (Lipinski definition) is 2. The van der Waals surface area contributed by atoms with Crippen molar-refractivity contribution in [2.24, 2.45) is 5.73 Å². The zero-order valence-corrected chi connectivity index (χ0v) is 10.3. The summed E-state index contributed by atoms with van der Waals surface area (Å²) in [5.41, 5.74) is 7.72. The summed E-state index contributed by atoms with van der Waals surface area (Å²) in [5.74, 6) is 0.775. The highest BCUT2D eigenvalue weighted by atomic mass is 35.5. The molecule has 1 rings (SSSR count). The molecule has 3 N–H and O–H groups in total. The molecule has 15 heavy (non-hydrogen) atoms. The molecule has 1 aromatic rings. The highest BCUT2D eigenvalue weighted by Crippen LogP contribution is 2.21. The Bertz CT molecular complexity index is 305. The first kappa shape index (κ1) is 14.6. The fraction of sp³-hybridized carbons (Fsp3) is 0.455. The van der Waals surface area contributed by atoms with Gasteiger partial charge in [-0.3, -0.25) is 0 Å². The van der Waals surface area contributed by atoms with Crippen LogP contribution in [0.3, 0.4) is 0 Å². The highest BCUT2D eigenvalue weighted by molar-refractivity contribution is 6.17. The van der Waals surface area contributed by atoms with E-state index in [2.05, 4.69) is 0 Å². The van der Waals surface area contributed by atoms with Gasteiger partial charge >= 0.3 is 0 Å². The summed E-state index contributed by atoms with van der Waals surface area (Å²) in [7, 11) is 0. The van der Waals surface area contributed by atoms with E-state index in [1.807, 2.05) is 19.1 Å². The standard InChI is InChI=1S/C11H16ClNO.ClH/c1-2-10(13)6-9-5-8(7-12)3-4-11(9)14;/h3-5,10,14H,2,6-7,13H2,1H3;1H. The number of phenolic OH excluding ortho intramolecular Hbond substituents is 1. The third kappa shape index (κ3) is 4.29. The molecule has 0 aromatic heterocycles. The second-order valence-electron chi connectivity index (χ2n) is 3.47. The van der Waals surface area contributed by atoms with Crippen LogP contribution in [-0.4, -0.2) is 11.1 Å². The molecule has 1 aromatic carbocycles. The van der Waals surface area contributed by atoms with E-state index in [1.54, 1.807) is 6.07 Å². The van der Waals surface area contributed by atoms with Gasteiger partial charge in [-0.05, 0) is 30.0 Å². The van der Waals surface area contributed by atoms with E-state index >= 15 is 0 Å². The van der Waals surface area contributed by atoms with E-state index in [0.717, 1.165) is 17.5 Å². The molecule has 4 heteroatoms. The van der Waals surface area contributed by atoms with Crippen LogP contribution in [0.2, 0.25) is 0 Å². The van der Waals surface area contributed by atoms with Gasteiger partial charge < -0.3 is 10.8 Å². The lowest BCUT2D eigenvalue weighted by Crippen LogP contribution is -2.21. The van der Waals surface area contributed by atoms with Crippen LogP contribution in [0.1, 0.15) is 24.5 Å². The van der Waals surface area contributed by atoms with E-state index in [-0.39, 0.29) is 18.4 Å². The Morgan fingerprint density at radius 1 is 1.47 bits per heavy atom. The maximum atomic E-state index is 9.58. The van der Waals surface area contributed by atoms with Crippen molar-refractivity contribution in [3.05, 3.63) is 29.3 Å². The van der Waals surface area contributed by atoms with Crippen LogP contribution in [0.4, 0.5) is 0 Å². The molecule has 2 nitrogen and oxygen atoms in total. The smallest absolute Gasteiger partial charge is 0.118 e. The van der Waals surface area contributed by atoms with Crippen LogP contribution < -0.4 is 5.73 Å². The molecule has 1 unspecified atom stereocenters. The number of alkyl halides is 1. The molecule has 0 amide bonds. The SMILES string of the molecule is CCC(N)Cc1cc(CCl)ccc1O.Cl. The minimum atomic E-state index is 0. The van der Waals surface area contributed by atoms with E-state index in [4.69, 9.17) is 17.3 Å². The summed E-state index contributed by atoms with van der Waals surface area (Å²) in [5, 5.41) is 9.58. The predicted octanol–water partition coefficient (Wildman–Crippen LogP) is 2.83. The number of rotatable bonds is 4. The fourth-order valence-corrected chi connectivity index (χ4v) is 1.48. The molecule has 0 bridgehead atoms. The number of hydrogen-bond acceptors (Lipinski definition) is 2. The van der Waals surface area contributed by atoms with Crippen molar-refractivity contribution in [1.82, 2.24) is 0 Å². The molecule has 86 valence electrons. The summed E-state index contributed by atoms with van der Waals surface area (Å²) in [6.07, 6.45) is 1.61. The van der Waals surface area contributed by atoms with Crippen molar-refractivity contribution in [3.8, 4) is 5.75 Å². The topological polar surface area (TPSA) is 46.2 Å². The Morgan fingerprint density at radius 3 is 2.67 bits per heavy atom. The summed E-state index contributed by atoms with van der Waals surface area (Å²) < 4.78 is 0. The largest absolute Gasteiger partial charge is 0.508 e. The summed E-state index contributed by atoms with van der Waals surface area (Å²) in [4.78, 5) is 0. The molecule has 1 atom stereocenters. The average Bonchev–Trinajstić information content (AvgIpc) is 2.21. The van der Waals surface area contributed by atoms with Crippen molar-refractivity contribution in [2.45, 2.75) is 31.7 Å². The summed E-state index contributed by atoms with van der Waals surface area (Å²) >= 11 is 5.71. The lowest BCUT2D eigenvalue weighted by Gasteiger charge is -2.11. The maximum Gasteiger partial charge on any atom is 0.118 e. The number of benzene rings is 1. The molecule has 0 spiro atoms. The van der Waals surface area contributed by atoms with E-state index < -0.39 is 0 Å². The summed E-state index contributed by atoms with van der Waals surface area (Å²) in [6, 6.07) is 5.52. The molecular weight excluding hydrogens is 233 g/mol. The van der Waals surface area contributed by atoms with Crippen LogP contribution in [0, 0.1) is 0 Å². The minimum Gasteiger partial charge on any atom is -0.508 e. The van der Waals surface area contributed by atoms with Gasteiger partial charge in [0.2, 0.25) is 0 Å². The fourth-order valence-electron chi connectivity index (χ4n) is 1.31. The number of aromatic hydroxyl groups is 1. The summed E-state index contributed by atoms with van der Waals surface area (Å²) in [6.45, 7) is 2.03. The van der Waals surface area contributed by atoms with Crippen LogP contribution >= 0.6 is 24.0 Å². The molecule has 0 aliphatic rings. The van der Waals surface area contributed by atoms with Crippen molar-refractivity contribution < 1.29 is 5.11 Å². The van der Waals surface area contributed by atoms with Gasteiger partial charge in [0.05, 0.1) is 0 Å². The first-order valence-electron chi connectivity index (χ1n) is 4.79. The van der Waals surface area contributed by atoms with Gasteiger partial charge in [0.1, 0.15) is 5.75 Å². The van der Waals surface area contributed by atoms with E-state index in [1.165, 1.54) is 0 Å². The quantitative estimate of drug-likeness (QED) is 0.807. The zero-order chi connectivity index (χ0) is 10.6. The Kier molecular flexibility index (Phi) is 6.73. The second kappa shape index (κ2) is 6.94. The molecular formula is C11H17Cl2NO. The minimum absolute atomic E-state index is 0. The van der Waals surface area contributed by atoms with Crippen molar-refractivity contribution in [1.29, 1.82) is 0 Å². The van der Waals surface area contributed by atoms with E-state index in [0.29, 0.717) is 18.1 Å². The van der Waals surface area contributed by atoms with Gasteiger partial charge in [-0.2, -0.15) is 0 Å². The number of halogens is 2. The van der Waals surface area contributed by atoms with Gasteiger partial charge in [-0.1, -0.05) is 19.1 Å². The first-order valence-corrected chi connectivity index (χ1v) is 5.33. The maximum absolute atomic E-state index is 9.58. The Labute approximate surface area is 102 Å². The highest BCUT2D eigenvalue weighted by Gasteiger charge is 2.06. The van der Waals surface area contributed by atoms with Crippen LogP contribution in [-0.2, 0) is 12.3 Å². The lowest BCUT2D eigenvalue weighted by molar-refractivity contribution is 0.463. The monoisotopic (exact) mass is 249 g/mol. The Hall–Kier alpha value is -0.440. The Morgan fingerprint density at radius 2 is 2.13 bits per heavy atom. The van der Waals surface area contributed by atoms with Crippen LogP contribution in [0.25, 0.3) is 0 Å². The first-order chi connectivity index (χ1) is 6.67. The number of phenols is 1. The van der Waals surface area contributed by atoms with Crippen LogP contribution in [0.5, 0.6) is 5.75 Å². The molecule has 0 aliphatic heterocycles.